The third kappa shape index (κ3) is 3.44. The minimum absolute atomic E-state index is 0.538. The Labute approximate surface area is 97.2 Å². The van der Waals surface area contributed by atoms with E-state index in [2.05, 4.69) is 20.4 Å². The van der Waals surface area contributed by atoms with Crippen molar-refractivity contribution < 1.29 is 13.2 Å². The monoisotopic (exact) mass is 248 g/mol. The lowest BCUT2D eigenvalue weighted by atomic mass is 10.2. The second-order valence-corrected chi connectivity index (χ2v) is 4.12. The molecule has 2 rings (SSSR count). The van der Waals surface area contributed by atoms with Crippen molar-refractivity contribution in [1.29, 1.82) is 0 Å². The first kappa shape index (κ1) is 12.4. The van der Waals surface area contributed by atoms with Gasteiger partial charge < -0.3 is 10.2 Å². The maximum atomic E-state index is 12.3. The Balaban J connectivity index is 1.84. The van der Waals surface area contributed by atoms with Gasteiger partial charge in [-0.25, -0.2) is 0 Å². The molecule has 1 aromatic heterocycles. The van der Waals surface area contributed by atoms with Gasteiger partial charge in [-0.2, -0.15) is 18.3 Å². The Morgan fingerprint density at radius 1 is 1.29 bits per heavy atom. The molecule has 0 bridgehead atoms. The van der Waals surface area contributed by atoms with E-state index in [9.17, 15) is 13.2 Å². The van der Waals surface area contributed by atoms with Gasteiger partial charge in [-0.1, -0.05) is 0 Å². The molecule has 0 aromatic carbocycles. The standard InChI is InChI=1S/C10H15F3N4/c11-10(12,13)9-7-8(15-16-9)1-4-17-5-2-14-3-6-17/h7,14H,1-6H2,(H,15,16). The maximum Gasteiger partial charge on any atom is 0.435 e. The summed E-state index contributed by atoms with van der Waals surface area (Å²) in [5.41, 5.74) is -0.302. The number of alkyl halides is 3. The fraction of sp³-hybridized carbons (Fsp3) is 0.700. The van der Waals surface area contributed by atoms with Crippen molar-refractivity contribution in [2.24, 2.45) is 0 Å². The highest BCUT2D eigenvalue weighted by molar-refractivity contribution is 5.11. The van der Waals surface area contributed by atoms with Gasteiger partial charge in [0.1, 0.15) is 0 Å². The van der Waals surface area contributed by atoms with Gasteiger partial charge >= 0.3 is 6.18 Å². The first-order valence-electron chi connectivity index (χ1n) is 5.60. The summed E-state index contributed by atoms with van der Waals surface area (Å²) in [5, 5.41) is 8.94. The minimum Gasteiger partial charge on any atom is -0.314 e. The largest absolute Gasteiger partial charge is 0.435 e. The zero-order valence-electron chi connectivity index (χ0n) is 9.35. The van der Waals surface area contributed by atoms with Crippen molar-refractivity contribution in [2.45, 2.75) is 12.6 Å². The van der Waals surface area contributed by atoms with Gasteiger partial charge in [0.15, 0.2) is 5.69 Å². The molecule has 2 heterocycles. The molecule has 1 aliphatic heterocycles. The quantitative estimate of drug-likeness (QED) is 0.834. The van der Waals surface area contributed by atoms with Crippen molar-refractivity contribution in [1.82, 2.24) is 20.4 Å². The Kier molecular flexibility index (Phi) is 3.68. The van der Waals surface area contributed by atoms with Gasteiger partial charge in [-0.3, -0.25) is 5.10 Å². The number of aromatic nitrogens is 2. The van der Waals surface area contributed by atoms with E-state index in [-0.39, 0.29) is 0 Å². The topological polar surface area (TPSA) is 44.0 Å². The second kappa shape index (κ2) is 5.05. The summed E-state index contributed by atoms with van der Waals surface area (Å²) in [7, 11) is 0. The summed E-state index contributed by atoms with van der Waals surface area (Å²) in [5.74, 6) is 0. The fourth-order valence-corrected chi connectivity index (χ4v) is 1.85. The molecule has 1 aliphatic rings. The molecule has 0 atom stereocenters. The number of nitrogens with one attached hydrogen (secondary N) is 2. The van der Waals surface area contributed by atoms with Crippen LogP contribution in [0.5, 0.6) is 0 Å². The van der Waals surface area contributed by atoms with Crippen LogP contribution in [0.1, 0.15) is 11.4 Å². The average molecular weight is 248 g/mol. The van der Waals surface area contributed by atoms with Crippen molar-refractivity contribution in [3.63, 3.8) is 0 Å². The summed E-state index contributed by atoms with van der Waals surface area (Å²) in [4.78, 5) is 2.23. The minimum atomic E-state index is -4.36. The van der Waals surface area contributed by atoms with Crippen LogP contribution in [0.25, 0.3) is 0 Å². The Bertz CT molecular complexity index is 355. The zero-order chi connectivity index (χ0) is 12.3. The van der Waals surface area contributed by atoms with Crippen LogP contribution >= 0.6 is 0 Å². The molecule has 7 heteroatoms. The Hall–Kier alpha value is -1.08. The lowest BCUT2D eigenvalue weighted by Crippen LogP contribution is -2.44. The lowest BCUT2D eigenvalue weighted by molar-refractivity contribution is -0.141. The Morgan fingerprint density at radius 2 is 2.00 bits per heavy atom. The SMILES string of the molecule is FC(F)(F)c1cc(CCN2CCNCC2)[nH]n1. The number of aromatic amines is 1. The van der Waals surface area contributed by atoms with E-state index >= 15 is 0 Å². The molecule has 0 saturated carbocycles. The molecule has 17 heavy (non-hydrogen) atoms. The molecule has 1 saturated heterocycles. The highest BCUT2D eigenvalue weighted by Gasteiger charge is 2.33. The predicted molar refractivity (Wildman–Crippen MR) is 56.6 cm³/mol. The van der Waals surface area contributed by atoms with Crippen LogP contribution in [0, 0.1) is 0 Å². The number of hydrogen-bond acceptors (Lipinski definition) is 3. The molecular formula is C10H15F3N4. The van der Waals surface area contributed by atoms with Crippen LogP contribution in [0.2, 0.25) is 0 Å². The molecule has 0 amide bonds. The molecule has 1 fully saturated rings. The van der Waals surface area contributed by atoms with Gasteiger partial charge in [0.2, 0.25) is 0 Å². The Morgan fingerprint density at radius 3 is 2.59 bits per heavy atom. The fourth-order valence-electron chi connectivity index (χ4n) is 1.85. The summed E-state index contributed by atoms with van der Waals surface area (Å²) >= 11 is 0. The molecule has 0 aliphatic carbocycles. The molecule has 4 nitrogen and oxygen atoms in total. The third-order valence-electron chi connectivity index (χ3n) is 2.83. The van der Waals surface area contributed by atoms with Crippen LogP contribution in [0.15, 0.2) is 6.07 Å². The number of hydrogen-bond donors (Lipinski definition) is 2. The average Bonchev–Trinajstić information content (AvgIpc) is 2.76. The van der Waals surface area contributed by atoms with E-state index in [4.69, 9.17) is 0 Å². The zero-order valence-corrected chi connectivity index (χ0v) is 9.35. The highest BCUT2D eigenvalue weighted by Crippen LogP contribution is 2.27. The molecule has 0 spiro atoms. The number of rotatable bonds is 3. The van der Waals surface area contributed by atoms with Gasteiger partial charge in [-0.05, 0) is 6.07 Å². The normalized spacial score (nSPS) is 18.5. The number of halogens is 3. The van der Waals surface area contributed by atoms with Crippen molar-refractivity contribution >= 4 is 0 Å². The van der Waals surface area contributed by atoms with Crippen molar-refractivity contribution in [3.8, 4) is 0 Å². The van der Waals surface area contributed by atoms with E-state index in [1.54, 1.807) is 0 Å². The first-order chi connectivity index (χ1) is 8.05. The van der Waals surface area contributed by atoms with E-state index in [1.165, 1.54) is 0 Å². The summed E-state index contributed by atoms with van der Waals surface area (Å²) < 4.78 is 36.9. The molecule has 0 unspecified atom stereocenters. The van der Waals surface area contributed by atoms with Gasteiger partial charge in [0.05, 0.1) is 0 Å². The van der Waals surface area contributed by atoms with E-state index in [0.717, 1.165) is 38.8 Å². The third-order valence-corrected chi connectivity index (χ3v) is 2.83. The molecule has 0 radical (unpaired) electrons. The van der Waals surface area contributed by atoms with Crippen LogP contribution in [-0.2, 0) is 12.6 Å². The number of piperazine rings is 1. The van der Waals surface area contributed by atoms with Gasteiger partial charge in [-0.15, -0.1) is 0 Å². The first-order valence-corrected chi connectivity index (χ1v) is 5.60. The predicted octanol–water partition coefficient (Wildman–Crippen LogP) is 0.876. The molecular weight excluding hydrogens is 233 g/mol. The van der Waals surface area contributed by atoms with Crippen LogP contribution in [0.4, 0.5) is 13.2 Å². The summed E-state index contributed by atoms with van der Waals surface area (Å²) in [6, 6.07) is 1.09. The van der Waals surface area contributed by atoms with Crippen LogP contribution < -0.4 is 5.32 Å². The summed E-state index contributed by atoms with van der Waals surface area (Å²) in [6.07, 6.45) is -3.78. The molecule has 96 valence electrons. The molecule has 2 N–H and O–H groups in total. The van der Waals surface area contributed by atoms with E-state index < -0.39 is 11.9 Å². The van der Waals surface area contributed by atoms with E-state index in [0.29, 0.717) is 12.1 Å². The molecule has 1 aromatic rings. The van der Waals surface area contributed by atoms with Crippen molar-refractivity contribution in [3.05, 3.63) is 17.5 Å². The number of nitrogens with zero attached hydrogens (tertiary/aromatic N) is 2. The van der Waals surface area contributed by atoms with E-state index in [1.807, 2.05) is 0 Å². The van der Waals surface area contributed by atoms with Crippen LogP contribution in [0.3, 0.4) is 0 Å². The maximum absolute atomic E-state index is 12.3. The van der Waals surface area contributed by atoms with Gasteiger partial charge in [0.25, 0.3) is 0 Å². The number of H-pyrrole nitrogens is 1. The van der Waals surface area contributed by atoms with Crippen molar-refractivity contribution in [2.75, 3.05) is 32.7 Å². The second-order valence-electron chi connectivity index (χ2n) is 4.12. The summed E-state index contributed by atoms with van der Waals surface area (Å²) in [6.45, 7) is 4.54. The van der Waals surface area contributed by atoms with Crippen LogP contribution in [-0.4, -0.2) is 47.8 Å². The highest BCUT2D eigenvalue weighted by atomic mass is 19.4. The smallest absolute Gasteiger partial charge is 0.314 e. The van der Waals surface area contributed by atoms with Gasteiger partial charge in [0, 0.05) is 44.8 Å². The lowest BCUT2D eigenvalue weighted by Gasteiger charge is -2.26.